The standard InChI is InChI=1S/C5H13O3PS/c1-5(2)8-3-4-9(6,7)10/h5H,3-4H2,1-2H3,(H2,6,7,10). The molecule has 0 bridgehead atoms. The zero-order valence-corrected chi connectivity index (χ0v) is 7.86. The largest absolute Gasteiger partial charge is 0.378 e. The molecule has 62 valence electrons. The summed E-state index contributed by atoms with van der Waals surface area (Å²) in [6, 6.07) is 0. The van der Waals surface area contributed by atoms with Crippen LogP contribution >= 0.6 is 6.49 Å². The van der Waals surface area contributed by atoms with Crippen molar-refractivity contribution in [1.29, 1.82) is 0 Å². The summed E-state index contributed by atoms with van der Waals surface area (Å²) < 4.78 is 5.06. The minimum Gasteiger partial charge on any atom is -0.378 e. The van der Waals surface area contributed by atoms with E-state index in [1.807, 2.05) is 13.8 Å². The van der Waals surface area contributed by atoms with Crippen molar-refractivity contribution < 1.29 is 14.5 Å². The summed E-state index contributed by atoms with van der Waals surface area (Å²) in [5, 5.41) is 0. The maximum atomic E-state index is 8.73. The molecule has 0 heterocycles. The van der Waals surface area contributed by atoms with Crippen LogP contribution in [0.3, 0.4) is 0 Å². The Morgan fingerprint density at radius 2 is 2.00 bits per heavy atom. The molecule has 10 heavy (non-hydrogen) atoms. The van der Waals surface area contributed by atoms with E-state index in [0.717, 1.165) is 0 Å². The summed E-state index contributed by atoms with van der Waals surface area (Å²) in [4.78, 5) is 17.5. The van der Waals surface area contributed by atoms with Crippen molar-refractivity contribution in [2.45, 2.75) is 20.0 Å². The molecule has 0 spiro atoms. The Hall–Kier alpha value is 0.530. The van der Waals surface area contributed by atoms with E-state index in [4.69, 9.17) is 14.5 Å². The summed E-state index contributed by atoms with van der Waals surface area (Å²) >= 11 is 4.38. The van der Waals surface area contributed by atoms with Crippen LogP contribution in [0.25, 0.3) is 0 Å². The lowest BCUT2D eigenvalue weighted by atomic mass is 10.5. The molecule has 0 saturated carbocycles. The molecule has 2 N–H and O–H groups in total. The van der Waals surface area contributed by atoms with E-state index >= 15 is 0 Å². The normalized spacial score (nSPS) is 12.5. The predicted octanol–water partition coefficient (Wildman–Crippen LogP) is 0.705. The first kappa shape index (κ1) is 10.5. The highest BCUT2D eigenvalue weighted by atomic mass is 32.5. The highest BCUT2D eigenvalue weighted by Crippen LogP contribution is 2.33. The van der Waals surface area contributed by atoms with E-state index in [9.17, 15) is 0 Å². The van der Waals surface area contributed by atoms with Crippen molar-refractivity contribution in [3.63, 3.8) is 0 Å². The minimum atomic E-state index is -3.01. The minimum absolute atomic E-state index is 0.126. The fourth-order valence-corrected chi connectivity index (χ4v) is 0.974. The van der Waals surface area contributed by atoms with Gasteiger partial charge in [0.15, 0.2) is 6.49 Å². The Bertz CT molecular complexity index is 131. The van der Waals surface area contributed by atoms with Crippen LogP contribution in [-0.4, -0.2) is 28.7 Å². The van der Waals surface area contributed by atoms with Crippen LogP contribution < -0.4 is 0 Å². The third kappa shape index (κ3) is 8.53. The second-order valence-electron chi connectivity index (χ2n) is 2.31. The zero-order valence-electron chi connectivity index (χ0n) is 6.15. The lowest BCUT2D eigenvalue weighted by Crippen LogP contribution is -2.07. The van der Waals surface area contributed by atoms with Gasteiger partial charge < -0.3 is 14.5 Å². The average Bonchev–Trinajstić information content (AvgIpc) is 1.59. The van der Waals surface area contributed by atoms with Crippen molar-refractivity contribution in [3.05, 3.63) is 0 Å². The fourth-order valence-electron chi connectivity index (χ4n) is 0.407. The molecule has 0 atom stereocenters. The molecule has 3 nitrogen and oxygen atoms in total. The molecule has 0 amide bonds. The first-order valence-corrected chi connectivity index (χ1v) is 5.97. The summed E-state index contributed by atoms with van der Waals surface area (Å²) in [5.41, 5.74) is 0. The van der Waals surface area contributed by atoms with Crippen LogP contribution in [0, 0.1) is 0 Å². The van der Waals surface area contributed by atoms with Crippen molar-refractivity contribution in [3.8, 4) is 0 Å². The van der Waals surface area contributed by atoms with Crippen molar-refractivity contribution in [1.82, 2.24) is 0 Å². The van der Waals surface area contributed by atoms with E-state index in [1.54, 1.807) is 0 Å². The Morgan fingerprint density at radius 1 is 1.50 bits per heavy atom. The second kappa shape index (κ2) is 4.42. The Balaban J connectivity index is 3.30. The van der Waals surface area contributed by atoms with E-state index in [-0.39, 0.29) is 12.3 Å². The van der Waals surface area contributed by atoms with E-state index in [2.05, 4.69) is 11.8 Å². The highest BCUT2D eigenvalue weighted by molar-refractivity contribution is 8.09. The van der Waals surface area contributed by atoms with Gasteiger partial charge in [0.25, 0.3) is 0 Å². The molecule has 0 aliphatic carbocycles. The van der Waals surface area contributed by atoms with E-state index < -0.39 is 6.49 Å². The lowest BCUT2D eigenvalue weighted by molar-refractivity contribution is 0.0901. The lowest BCUT2D eigenvalue weighted by Gasteiger charge is -2.09. The Morgan fingerprint density at radius 3 is 2.30 bits per heavy atom. The first-order chi connectivity index (χ1) is 4.42. The fraction of sp³-hybridized carbons (Fsp3) is 1.00. The van der Waals surface area contributed by atoms with Gasteiger partial charge >= 0.3 is 0 Å². The van der Waals surface area contributed by atoms with Gasteiger partial charge in [0.1, 0.15) is 0 Å². The van der Waals surface area contributed by atoms with Crippen LogP contribution in [-0.2, 0) is 16.5 Å². The van der Waals surface area contributed by atoms with Gasteiger partial charge in [0.2, 0.25) is 0 Å². The molecule has 0 unspecified atom stereocenters. The SMILES string of the molecule is CC(C)OCCP(O)(O)=S. The summed E-state index contributed by atoms with van der Waals surface area (Å²) in [6.45, 7) is 1.10. The van der Waals surface area contributed by atoms with Crippen LogP contribution in [0.4, 0.5) is 0 Å². The maximum absolute atomic E-state index is 8.73. The van der Waals surface area contributed by atoms with Crippen molar-refractivity contribution >= 4 is 18.3 Å². The van der Waals surface area contributed by atoms with Gasteiger partial charge in [0, 0.05) is 6.16 Å². The molecule has 0 aliphatic rings. The van der Waals surface area contributed by atoms with Crippen LogP contribution in [0.5, 0.6) is 0 Å². The van der Waals surface area contributed by atoms with Crippen LogP contribution in [0.15, 0.2) is 0 Å². The molecule has 5 heteroatoms. The number of hydrogen-bond donors (Lipinski definition) is 2. The number of hydrogen-bond acceptors (Lipinski definition) is 2. The molecule has 0 aromatic carbocycles. The summed E-state index contributed by atoms with van der Waals surface area (Å²) in [5.74, 6) is 0. The van der Waals surface area contributed by atoms with Crippen molar-refractivity contribution in [2.24, 2.45) is 0 Å². The van der Waals surface area contributed by atoms with E-state index in [1.165, 1.54) is 0 Å². The zero-order chi connectivity index (χ0) is 8.20. The van der Waals surface area contributed by atoms with Gasteiger partial charge in [-0.15, -0.1) is 0 Å². The highest BCUT2D eigenvalue weighted by Gasteiger charge is 2.06. The van der Waals surface area contributed by atoms with Gasteiger partial charge in [-0.25, -0.2) is 0 Å². The second-order valence-corrected chi connectivity index (χ2v) is 5.84. The topological polar surface area (TPSA) is 49.7 Å². The Kier molecular flexibility index (Phi) is 4.65. The van der Waals surface area contributed by atoms with Gasteiger partial charge in [0.05, 0.1) is 12.7 Å². The number of rotatable bonds is 4. The molecule has 0 aromatic rings. The molecule has 0 aliphatic heterocycles. The monoisotopic (exact) mass is 184 g/mol. The van der Waals surface area contributed by atoms with Gasteiger partial charge in [-0.3, -0.25) is 0 Å². The quantitative estimate of drug-likeness (QED) is 0.632. The maximum Gasteiger partial charge on any atom is 0.185 e. The average molecular weight is 184 g/mol. The molecular formula is C5H13O3PS. The molecule has 0 saturated heterocycles. The van der Waals surface area contributed by atoms with Crippen LogP contribution in [0.2, 0.25) is 0 Å². The molecule has 0 fully saturated rings. The van der Waals surface area contributed by atoms with E-state index in [0.29, 0.717) is 6.61 Å². The van der Waals surface area contributed by atoms with Gasteiger partial charge in [-0.1, -0.05) is 0 Å². The molecule has 0 rings (SSSR count). The summed E-state index contributed by atoms with van der Waals surface area (Å²) in [6.07, 6.45) is 0.307. The molecule has 0 aromatic heterocycles. The third-order valence-electron chi connectivity index (χ3n) is 0.834. The summed E-state index contributed by atoms with van der Waals surface area (Å²) in [7, 11) is 0. The smallest absolute Gasteiger partial charge is 0.185 e. The molecular weight excluding hydrogens is 171 g/mol. The van der Waals surface area contributed by atoms with Crippen LogP contribution in [0.1, 0.15) is 13.8 Å². The Labute approximate surface area is 66.2 Å². The van der Waals surface area contributed by atoms with Gasteiger partial charge in [-0.2, -0.15) is 0 Å². The first-order valence-electron chi connectivity index (χ1n) is 3.08. The predicted molar refractivity (Wildman–Crippen MR) is 44.7 cm³/mol. The van der Waals surface area contributed by atoms with Crippen molar-refractivity contribution in [2.75, 3.05) is 12.8 Å². The molecule has 0 radical (unpaired) electrons. The number of ether oxygens (including phenoxy) is 1. The third-order valence-corrected chi connectivity index (χ3v) is 2.15. The van der Waals surface area contributed by atoms with Gasteiger partial charge in [-0.05, 0) is 25.7 Å².